The summed E-state index contributed by atoms with van der Waals surface area (Å²) < 4.78 is 25.5. The Labute approximate surface area is 166 Å². The van der Waals surface area contributed by atoms with E-state index >= 15 is 0 Å². The van der Waals surface area contributed by atoms with Crippen LogP contribution in [0.15, 0.2) is 30.3 Å². The highest BCUT2D eigenvalue weighted by molar-refractivity contribution is 7.91. The lowest BCUT2D eigenvalue weighted by atomic mass is 10.2. The second-order valence-corrected chi connectivity index (χ2v) is 9.77. The predicted molar refractivity (Wildman–Crippen MR) is 111 cm³/mol. The van der Waals surface area contributed by atoms with E-state index in [0.29, 0.717) is 24.6 Å². The van der Waals surface area contributed by atoms with Crippen LogP contribution in [0.1, 0.15) is 35.0 Å². The lowest BCUT2D eigenvalue weighted by Crippen LogP contribution is -2.36. The highest BCUT2D eigenvalue weighted by atomic mass is 32.2. The van der Waals surface area contributed by atoms with Gasteiger partial charge in [-0.05, 0) is 38.0 Å². The van der Waals surface area contributed by atoms with Crippen molar-refractivity contribution in [2.75, 3.05) is 18.6 Å². The Morgan fingerprint density at radius 1 is 1.33 bits per heavy atom. The van der Waals surface area contributed by atoms with Gasteiger partial charge in [0.05, 0.1) is 23.2 Å². The zero-order valence-electron chi connectivity index (χ0n) is 16.0. The smallest absolute Gasteiger partial charge is 0.169 e. The number of aryl methyl sites for hydroxylation is 1. The maximum atomic E-state index is 11.8. The number of hydrogen-bond acceptors (Lipinski definition) is 4. The van der Waals surface area contributed by atoms with Crippen LogP contribution >= 0.6 is 12.2 Å². The summed E-state index contributed by atoms with van der Waals surface area (Å²) in [5.41, 5.74) is 4.23. The largest absolute Gasteiger partial charge is 0.358 e. The van der Waals surface area contributed by atoms with Gasteiger partial charge < -0.3 is 10.2 Å². The molecule has 1 fully saturated rings. The lowest BCUT2D eigenvalue weighted by molar-refractivity contribution is 0.474. The topological polar surface area (TPSA) is 67.2 Å². The van der Waals surface area contributed by atoms with Crippen LogP contribution in [-0.2, 0) is 22.9 Å². The van der Waals surface area contributed by atoms with Gasteiger partial charge in [-0.1, -0.05) is 30.3 Å². The van der Waals surface area contributed by atoms with Crippen molar-refractivity contribution in [1.82, 2.24) is 20.0 Å². The number of thiocarbonyl (C=S) groups is 1. The average molecular weight is 407 g/mol. The number of aromatic nitrogens is 2. The van der Waals surface area contributed by atoms with Gasteiger partial charge in [0.2, 0.25) is 0 Å². The van der Waals surface area contributed by atoms with Crippen molar-refractivity contribution >= 4 is 27.2 Å². The third-order valence-corrected chi connectivity index (χ3v) is 7.26. The summed E-state index contributed by atoms with van der Waals surface area (Å²) in [6.07, 6.45) is 0.636. The molecule has 1 aliphatic heterocycles. The van der Waals surface area contributed by atoms with E-state index in [2.05, 4.69) is 22.5 Å². The Kier molecular flexibility index (Phi) is 5.86. The molecule has 1 aromatic heterocycles. The van der Waals surface area contributed by atoms with Gasteiger partial charge in [-0.25, -0.2) is 8.42 Å². The van der Waals surface area contributed by atoms with Crippen LogP contribution in [-0.4, -0.2) is 46.8 Å². The highest BCUT2D eigenvalue weighted by Gasteiger charge is 2.31. The molecule has 27 heavy (non-hydrogen) atoms. The fourth-order valence-electron chi connectivity index (χ4n) is 3.47. The van der Waals surface area contributed by atoms with Crippen LogP contribution in [0.3, 0.4) is 0 Å². The van der Waals surface area contributed by atoms with Crippen molar-refractivity contribution in [3.63, 3.8) is 0 Å². The predicted octanol–water partition coefficient (Wildman–Crippen LogP) is 2.37. The SMILES string of the molecule is Cc1nn([C@H]2CCS(=O)(=O)C2)c(C)c1CN(C)C(=S)NCc1ccccc1. The normalized spacial score (nSPS) is 18.4. The number of rotatable bonds is 5. The molecular formula is C19H26N4O2S2. The van der Waals surface area contributed by atoms with Crippen molar-refractivity contribution in [2.45, 2.75) is 39.4 Å². The zero-order chi connectivity index (χ0) is 19.6. The van der Waals surface area contributed by atoms with Gasteiger partial charge >= 0.3 is 0 Å². The number of benzene rings is 1. The minimum atomic E-state index is -2.94. The summed E-state index contributed by atoms with van der Waals surface area (Å²) in [6, 6.07) is 10.1. The molecule has 2 heterocycles. The fourth-order valence-corrected chi connectivity index (χ4v) is 5.30. The van der Waals surface area contributed by atoms with E-state index in [1.165, 1.54) is 5.56 Å². The molecular weight excluding hydrogens is 380 g/mol. The first-order valence-corrected chi connectivity index (χ1v) is 11.3. The van der Waals surface area contributed by atoms with Gasteiger partial charge in [0.1, 0.15) is 0 Å². The standard InChI is InChI=1S/C19H26N4O2S2/c1-14-18(15(2)23(21-14)17-9-10-27(24,25)13-17)12-22(3)19(26)20-11-16-7-5-4-6-8-16/h4-8,17H,9-13H2,1-3H3,(H,20,26)/t17-/m0/s1. The number of sulfone groups is 1. The molecule has 0 amide bonds. The minimum absolute atomic E-state index is 0.0593. The van der Waals surface area contributed by atoms with Crippen molar-refractivity contribution in [1.29, 1.82) is 0 Å². The van der Waals surface area contributed by atoms with E-state index in [4.69, 9.17) is 12.2 Å². The molecule has 0 unspecified atom stereocenters. The first-order valence-electron chi connectivity index (χ1n) is 9.05. The maximum absolute atomic E-state index is 11.8. The maximum Gasteiger partial charge on any atom is 0.169 e. The third kappa shape index (κ3) is 4.68. The molecule has 0 aliphatic carbocycles. The van der Waals surface area contributed by atoms with Crippen LogP contribution < -0.4 is 5.32 Å². The van der Waals surface area contributed by atoms with Crippen molar-refractivity contribution in [3.05, 3.63) is 52.8 Å². The Morgan fingerprint density at radius 2 is 2.04 bits per heavy atom. The Balaban J connectivity index is 1.65. The van der Waals surface area contributed by atoms with Crippen molar-refractivity contribution < 1.29 is 8.42 Å². The van der Waals surface area contributed by atoms with E-state index in [1.54, 1.807) is 0 Å². The first kappa shape index (κ1) is 19.8. The van der Waals surface area contributed by atoms with Crippen molar-refractivity contribution in [3.8, 4) is 0 Å². The van der Waals surface area contributed by atoms with E-state index in [1.807, 2.05) is 48.7 Å². The second-order valence-electron chi connectivity index (χ2n) is 7.15. The molecule has 8 heteroatoms. The molecule has 6 nitrogen and oxygen atoms in total. The molecule has 1 saturated heterocycles. The van der Waals surface area contributed by atoms with Crippen LogP contribution in [0.4, 0.5) is 0 Å². The van der Waals surface area contributed by atoms with Crippen LogP contribution in [0, 0.1) is 13.8 Å². The Bertz CT molecular complexity index is 923. The molecule has 1 aliphatic rings. The minimum Gasteiger partial charge on any atom is -0.358 e. The molecule has 0 spiro atoms. The summed E-state index contributed by atoms with van der Waals surface area (Å²) >= 11 is 5.51. The number of nitrogens with zero attached hydrogens (tertiary/aromatic N) is 3. The fraction of sp³-hybridized carbons (Fsp3) is 0.474. The van der Waals surface area contributed by atoms with Gasteiger partial charge in [-0.2, -0.15) is 5.10 Å². The molecule has 0 saturated carbocycles. The molecule has 2 aromatic rings. The molecule has 146 valence electrons. The molecule has 1 atom stereocenters. The highest BCUT2D eigenvalue weighted by Crippen LogP contribution is 2.27. The molecule has 3 rings (SSSR count). The van der Waals surface area contributed by atoms with Crippen LogP contribution in [0.5, 0.6) is 0 Å². The van der Waals surface area contributed by atoms with Crippen molar-refractivity contribution in [2.24, 2.45) is 0 Å². The van der Waals surface area contributed by atoms with E-state index in [-0.39, 0.29) is 17.5 Å². The van der Waals surface area contributed by atoms with Gasteiger partial charge in [0.25, 0.3) is 0 Å². The molecule has 1 N–H and O–H groups in total. The third-order valence-electron chi connectivity index (χ3n) is 5.06. The monoisotopic (exact) mass is 406 g/mol. The Morgan fingerprint density at radius 3 is 2.67 bits per heavy atom. The first-order chi connectivity index (χ1) is 12.8. The summed E-state index contributed by atoms with van der Waals surface area (Å²) in [5.74, 6) is 0.431. The van der Waals surface area contributed by atoms with Crippen LogP contribution in [0.25, 0.3) is 0 Å². The molecule has 1 aromatic carbocycles. The summed E-state index contributed by atoms with van der Waals surface area (Å²) in [4.78, 5) is 1.99. The average Bonchev–Trinajstić information content (AvgIpc) is 3.13. The van der Waals surface area contributed by atoms with E-state index in [0.717, 1.165) is 17.0 Å². The summed E-state index contributed by atoms with van der Waals surface area (Å²) in [7, 11) is -0.981. The number of hydrogen-bond donors (Lipinski definition) is 1. The van der Waals surface area contributed by atoms with Gasteiger partial charge in [-0.3, -0.25) is 4.68 Å². The molecule has 0 radical (unpaired) electrons. The number of nitrogens with one attached hydrogen (secondary N) is 1. The quantitative estimate of drug-likeness (QED) is 0.769. The van der Waals surface area contributed by atoms with Crippen LogP contribution in [0.2, 0.25) is 0 Å². The molecule has 0 bridgehead atoms. The van der Waals surface area contributed by atoms with E-state index in [9.17, 15) is 8.42 Å². The van der Waals surface area contributed by atoms with E-state index < -0.39 is 9.84 Å². The second kappa shape index (κ2) is 7.98. The van der Waals surface area contributed by atoms with Gasteiger partial charge in [0, 0.05) is 31.4 Å². The summed E-state index contributed by atoms with van der Waals surface area (Å²) in [6.45, 7) is 5.30. The summed E-state index contributed by atoms with van der Waals surface area (Å²) in [5, 5.41) is 8.58. The van der Waals surface area contributed by atoms with Gasteiger partial charge in [0.15, 0.2) is 14.9 Å². The van der Waals surface area contributed by atoms with Gasteiger partial charge in [-0.15, -0.1) is 0 Å². The Hall–Kier alpha value is -1.93. The zero-order valence-corrected chi connectivity index (χ0v) is 17.6. The lowest BCUT2D eigenvalue weighted by Gasteiger charge is -2.21.